The monoisotopic (exact) mass is 320 g/mol. The van der Waals surface area contributed by atoms with Crippen LogP contribution in [0.25, 0.3) is 0 Å². The van der Waals surface area contributed by atoms with E-state index in [0.717, 1.165) is 5.56 Å². The lowest BCUT2D eigenvalue weighted by Gasteiger charge is -2.32. The highest BCUT2D eigenvalue weighted by atomic mass is 35.5. The Morgan fingerprint density at radius 1 is 1.32 bits per heavy atom. The molecule has 0 N–H and O–H groups in total. The van der Waals surface area contributed by atoms with Gasteiger partial charge in [-0.1, -0.05) is 30.3 Å². The highest BCUT2D eigenvalue weighted by Crippen LogP contribution is 2.20. The average Bonchev–Trinajstić information content (AvgIpc) is 2.55. The zero-order chi connectivity index (χ0) is 16.1. The molecule has 0 aromatic heterocycles. The number of amides is 2. The third-order valence-corrected chi connectivity index (χ3v) is 4.29. The predicted octanol–water partition coefficient (Wildman–Crippen LogP) is 2.72. The van der Waals surface area contributed by atoms with Gasteiger partial charge in [-0.15, -0.1) is 0 Å². The van der Waals surface area contributed by atoms with Gasteiger partial charge in [-0.2, -0.15) is 0 Å². The van der Waals surface area contributed by atoms with Crippen molar-refractivity contribution in [2.45, 2.75) is 19.4 Å². The summed E-state index contributed by atoms with van der Waals surface area (Å²) in [5.41, 5.74) is 1.06. The van der Waals surface area contributed by atoms with Gasteiger partial charge in [0.1, 0.15) is 0 Å². The highest BCUT2D eigenvalue weighted by molar-refractivity contribution is 6.30. The van der Waals surface area contributed by atoms with Gasteiger partial charge in [0.05, 0.1) is 0 Å². The van der Waals surface area contributed by atoms with E-state index in [2.05, 4.69) is 6.58 Å². The first-order valence-corrected chi connectivity index (χ1v) is 7.80. The van der Waals surface area contributed by atoms with Crippen molar-refractivity contribution in [2.24, 2.45) is 5.92 Å². The molecule has 1 aromatic carbocycles. The number of nitrogens with zero attached hydrogens (tertiary/aromatic N) is 2. The van der Waals surface area contributed by atoms with Crippen LogP contribution in [0.15, 0.2) is 36.9 Å². The number of halogens is 1. The Hall–Kier alpha value is -1.81. The summed E-state index contributed by atoms with van der Waals surface area (Å²) < 4.78 is 0. The molecule has 1 fully saturated rings. The first-order chi connectivity index (χ1) is 10.5. The Kier molecular flexibility index (Phi) is 5.61. The molecule has 1 aliphatic heterocycles. The Morgan fingerprint density at radius 3 is 2.45 bits per heavy atom. The molecule has 22 heavy (non-hydrogen) atoms. The number of hydrogen-bond donors (Lipinski definition) is 0. The van der Waals surface area contributed by atoms with Crippen LogP contribution in [-0.2, 0) is 16.1 Å². The van der Waals surface area contributed by atoms with Crippen molar-refractivity contribution in [3.05, 3.63) is 47.5 Å². The summed E-state index contributed by atoms with van der Waals surface area (Å²) >= 11 is 5.86. The van der Waals surface area contributed by atoms with E-state index in [-0.39, 0.29) is 17.7 Å². The van der Waals surface area contributed by atoms with E-state index in [1.165, 1.54) is 6.08 Å². The van der Waals surface area contributed by atoms with Gasteiger partial charge < -0.3 is 9.80 Å². The Balaban J connectivity index is 1.87. The second-order valence-corrected chi connectivity index (χ2v) is 6.06. The molecular weight excluding hydrogens is 300 g/mol. The second-order valence-electron chi connectivity index (χ2n) is 5.62. The van der Waals surface area contributed by atoms with Gasteiger partial charge in [-0.05, 0) is 36.6 Å². The predicted molar refractivity (Wildman–Crippen MR) is 87.4 cm³/mol. The number of carbonyl (C=O) groups excluding carboxylic acids is 2. The zero-order valence-electron chi connectivity index (χ0n) is 12.8. The molecule has 0 radical (unpaired) electrons. The van der Waals surface area contributed by atoms with Crippen LogP contribution in [0.4, 0.5) is 0 Å². The number of benzene rings is 1. The van der Waals surface area contributed by atoms with E-state index in [0.29, 0.717) is 37.5 Å². The summed E-state index contributed by atoms with van der Waals surface area (Å²) in [4.78, 5) is 27.5. The highest BCUT2D eigenvalue weighted by Gasteiger charge is 2.28. The van der Waals surface area contributed by atoms with Crippen molar-refractivity contribution in [1.82, 2.24) is 9.80 Å². The van der Waals surface area contributed by atoms with Crippen LogP contribution in [0.2, 0.25) is 5.02 Å². The minimum atomic E-state index is -0.0552. The fourth-order valence-corrected chi connectivity index (χ4v) is 2.86. The smallest absolute Gasteiger partial charge is 0.245 e. The van der Waals surface area contributed by atoms with Gasteiger partial charge in [0.2, 0.25) is 11.8 Å². The molecule has 1 aliphatic rings. The van der Waals surface area contributed by atoms with Gasteiger partial charge in [0, 0.05) is 37.6 Å². The molecule has 0 unspecified atom stereocenters. The maximum Gasteiger partial charge on any atom is 0.245 e. The zero-order valence-corrected chi connectivity index (χ0v) is 13.6. The molecule has 5 heteroatoms. The van der Waals surface area contributed by atoms with Crippen molar-refractivity contribution >= 4 is 23.4 Å². The fraction of sp³-hybridized carbons (Fsp3) is 0.412. The Morgan fingerprint density at radius 2 is 1.91 bits per heavy atom. The number of hydrogen-bond acceptors (Lipinski definition) is 2. The fourth-order valence-electron chi connectivity index (χ4n) is 2.73. The molecule has 2 amide bonds. The van der Waals surface area contributed by atoms with Crippen molar-refractivity contribution in [3.63, 3.8) is 0 Å². The number of piperidine rings is 1. The average molecular weight is 321 g/mol. The molecule has 118 valence electrons. The molecule has 2 rings (SSSR count). The lowest BCUT2D eigenvalue weighted by Crippen LogP contribution is -2.42. The molecule has 4 nitrogen and oxygen atoms in total. The molecule has 0 bridgehead atoms. The minimum absolute atomic E-state index is 0.00818. The van der Waals surface area contributed by atoms with Crippen molar-refractivity contribution in [1.29, 1.82) is 0 Å². The van der Waals surface area contributed by atoms with Gasteiger partial charge in [-0.3, -0.25) is 9.59 Å². The van der Waals surface area contributed by atoms with Crippen LogP contribution in [0, 0.1) is 5.92 Å². The van der Waals surface area contributed by atoms with Gasteiger partial charge in [0.15, 0.2) is 0 Å². The first kappa shape index (κ1) is 16.6. The third kappa shape index (κ3) is 4.10. The SMILES string of the molecule is C=CC(=O)N1CCC(C(=O)N(C)Cc2ccc(Cl)cc2)CC1. The number of rotatable bonds is 4. The van der Waals surface area contributed by atoms with Crippen LogP contribution in [0.1, 0.15) is 18.4 Å². The Bertz CT molecular complexity index is 548. The minimum Gasteiger partial charge on any atom is -0.341 e. The summed E-state index contributed by atoms with van der Waals surface area (Å²) in [5.74, 6) is 0.0761. The van der Waals surface area contributed by atoms with E-state index in [4.69, 9.17) is 11.6 Å². The molecule has 0 saturated carbocycles. The summed E-state index contributed by atoms with van der Waals surface area (Å²) in [6, 6.07) is 7.51. The first-order valence-electron chi connectivity index (χ1n) is 7.42. The summed E-state index contributed by atoms with van der Waals surface area (Å²) in [5, 5.41) is 0.692. The van der Waals surface area contributed by atoms with E-state index >= 15 is 0 Å². The maximum atomic E-state index is 12.5. The van der Waals surface area contributed by atoms with Crippen LogP contribution in [-0.4, -0.2) is 41.8 Å². The largest absolute Gasteiger partial charge is 0.341 e. The number of likely N-dealkylation sites (tertiary alicyclic amines) is 1. The van der Waals surface area contributed by atoms with Gasteiger partial charge in [-0.25, -0.2) is 0 Å². The molecule has 0 atom stereocenters. The maximum absolute atomic E-state index is 12.5. The standard InChI is InChI=1S/C17H21ClN2O2/c1-3-16(21)20-10-8-14(9-11-20)17(22)19(2)12-13-4-6-15(18)7-5-13/h3-7,14H,1,8-12H2,2H3. The summed E-state index contributed by atoms with van der Waals surface area (Å²) in [7, 11) is 1.82. The second kappa shape index (κ2) is 7.45. The summed E-state index contributed by atoms with van der Waals surface area (Å²) in [6.07, 6.45) is 2.75. The lowest BCUT2D eigenvalue weighted by atomic mass is 9.95. The molecule has 0 spiro atoms. The van der Waals surface area contributed by atoms with E-state index < -0.39 is 0 Å². The molecular formula is C17H21ClN2O2. The van der Waals surface area contributed by atoms with Crippen LogP contribution in [0.3, 0.4) is 0 Å². The molecule has 1 heterocycles. The van der Waals surface area contributed by atoms with Crippen molar-refractivity contribution in [2.75, 3.05) is 20.1 Å². The van der Waals surface area contributed by atoms with Crippen molar-refractivity contribution < 1.29 is 9.59 Å². The number of carbonyl (C=O) groups is 2. The van der Waals surface area contributed by atoms with Crippen LogP contribution < -0.4 is 0 Å². The van der Waals surface area contributed by atoms with Crippen molar-refractivity contribution in [3.8, 4) is 0 Å². The summed E-state index contributed by atoms with van der Waals surface area (Å²) in [6.45, 7) is 5.31. The molecule has 0 aliphatic carbocycles. The van der Waals surface area contributed by atoms with Gasteiger partial charge >= 0.3 is 0 Å². The topological polar surface area (TPSA) is 40.6 Å². The Labute approximate surface area is 136 Å². The third-order valence-electron chi connectivity index (χ3n) is 4.04. The van der Waals surface area contributed by atoms with E-state index in [9.17, 15) is 9.59 Å². The van der Waals surface area contributed by atoms with Crippen LogP contribution in [0.5, 0.6) is 0 Å². The quantitative estimate of drug-likeness (QED) is 0.800. The normalized spacial score (nSPS) is 15.5. The van der Waals surface area contributed by atoms with Crippen LogP contribution >= 0.6 is 11.6 Å². The van der Waals surface area contributed by atoms with Gasteiger partial charge in [0.25, 0.3) is 0 Å². The van der Waals surface area contributed by atoms with E-state index in [1.54, 1.807) is 9.80 Å². The molecule has 1 aromatic rings. The molecule has 1 saturated heterocycles. The lowest BCUT2D eigenvalue weighted by molar-refractivity contribution is -0.138. The van der Waals surface area contributed by atoms with E-state index in [1.807, 2.05) is 31.3 Å².